The van der Waals surface area contributed by atoms with Gasteiger partial charge in [0, 0.05) is 28.5 Å². The maximum atomic E-state index is 11.4. The SMILES string of the molecule is O=C(NS(=O)(=O)Cl)N(Cl)c1ccc([N+](=O)[O-])cc1[N+](=O)[O-]. The quantitative estimate of drug-likeness (QED) is 0.371. The molecule has 0 bridgehead atoms. The van der Waals surface area contributed by atoms with E-state index < -0.39 is 42.2 Å². The first-order valence-corrected chi connectivity index (χ1v) is 7.33. The Bertz CT molecular complexity index is 722. The normalized spacial score (nSPS) is 10.8. The van der Waals surface area contributed by atoms with Crippen molar-refractivity contribution in [2.75, 3.05) is 4.42 Å². The monoisotopic (exact) mass is 358 g/mol. The van der Waals surface area contributed by atoms with Gasteiger partial charge in [-0.15, -0.1) is 0 Å². The van der Waals surface area contributed by atoms with E-state index in [4.69, 9.17) is 22.5 Å². The van der Waals surface area contributed by atoms with Crippen LogP contribution in [-0.2, 0) is 9.24 Å². The predicted octanol–water partition coefficient (Wildman–Crippen LogP) is 1.66. The number of urea groups is 1. The molecule has 14 heteroatoms. The van der Waals surface area contributed by atoms with Crippen LogP contribution in [0.25, 0.3) is 0 Å². The fourth-order valence-corrected chi connectivity index (χ4v) is 1.92. The molecule has 0 atom stereocenters. The molecule has 0 saturated heterocycles. The van der Waals surface area contributed by atoms with Gasteiger partial charge in [0.2, 0.25) is 0 Å². The number of hydrogen-bond acceptors (Lipinski definition) is 7. The Hall–Kier alpha value is -2.18. The van der Waals surface area contributed by atoms with Crippen LogP contribution in [0, 0.1) is 20.2 Å². The summed E-state index contributed by atoms with van der Waals surface area (Å²) < 4.78 is 22.6. The van der Waals surface area contributed by atoms with Gasteiger partial charge < -0.3 is 0 Å². The second-order valence-electron chi connectivity index (χ2n) is 3.31. The number of halogens is 2. The molecule has 0 radical (unpaired) electrons. The highest BCUT2D eigenvalue weighted by Crippen LogP contribution is 2.33. The van der Waals surface area contributed by atoms with E-state index in [1.165, 1.54) is 4.72 Å². The molecule has 1 aromatic rings. The van der Waals surface area contributed by atoms with Gasteiger partial charge >= 0.3 is 21.0 Å². The number of rotatable bonds is 4. The summed E-state index contributed by atoms with van der Waals surface area (Å²) in [7, 11) is 0.298. The van der Waals surface area contributed by atoms with Gasteiger partial charge in [0.1, 0.15) is 5.69 Å². The third-order valence-corrected chi connectivity index (χ3v) is 2.95. The summed E-state index contributed by atoms with van der Waals surface area (Å²) in [5.74, 6) is 0. The first-order chi connectivity index (χ1) is 9.53. The van der Waals surface area contributed by atoms with Crippen molar-refractivity contribution < 1.29 is 23.1 Å². The van der Waals surface area contributed by atoms with Gasteiger partial charge in [0.05, 0.1) is 15.9 Å². The molecule has 114 valence electrons. The second kappa shape index (κ2) is 6.07. The number of hydrogen-bond donors (Lipinski definition) is 1. The van der Waals surface area contributed by atoms with Crippen molar-refractivity contribution in [1.82, 2.24) is 4.72 Å². The van der Waals surface area contributed by atoms with Crippen molar-refractivity contribution in [2.45, 2.75) is 0 Å². The van der Waals surface area contributed by atoms with E-state index in [-0.39, 0.29) is 4.42 Å². The molecule has 0 unspecified atom stereocenters. The molecule has 0 saturated carbocycles. The van der Waals surface area contributed by atoms with Gasteiger partial charge in [-0.25, -0.2) is 9.52 Å². The maximum absolute atomic E-state index is 11.4. The van der Waals surface area contributed by atoms with Crippen LogP contribution in [0.1, 0.15) is 0 Å². The zero-order valence-electron chi connectivity index (χ0n) is 9.60. The molecule has 0 aliphatic rings. The summed E-state index contributed by atoms with van der Waals surface area (Å²) in [5, 5.41) is 21.4. The fraction of sp³-hybridized carbons (Fsp3) is 0. The summed E-state index contributed by atoms with van der Waals surface area (Å²) in [6.45, 7) is 0. The van der Waals surface area contributed by atoms with Crippen molar-refractivity contribution in [3.05, 3.63) is 38.4 Å². The number of nitrogens with one attached hydrogen (secondary N) is 1. The number of nitrogens with zero attached hydrogens (tertiary/aromatic N) is 3. The van der Waals surface area contributed by atoms with E-state index in [0.717, 1.165) is 12.1 Å². The van der Waals surface area contributed by atoms with Gasteiger partial charge in [0.25, 0.3) is 5.69 Å². The lowest BCUT2D eigenvalue weighted by atomic mass is 10.2. The Balaban J connectivity index is 3.26. The van der Waals surface area contributed by atoms with E-state index in [9.17, 15) is 33.4 Å². The Labute approximate surface area is 126 Å². The highest BCUT2D eigenvalue weighted by Gasteiger charge is 2.28. The predicted molar refractivity (Wildman–Crippen MR) is 71.4 cm³/mol. The van der Waals surface area contributed by atoms with Crippen molar-refractivity contribution >= 4 is 54.8 Å². The summed E-state index contributed by atoms with van der Waals surface area (Å²) in [4.78, 5) is 30.9. The van der Waals surface area contributed by atoms with Crippen LogP contribution in [0.15, 0.2) is 18.2 Å². The Kier molecular flexibility index (Phi) is 4.88. The number of carbonyl (C=O) groups excluding carboxylic acids is 1. The second-order valence-corrected chi connectivity index (χ2v) is 5.95. The van der Waals surface area contributed by atoms with Gasteiger partial charge in [-0.05, 0) is 6.07 Å². The number of nitro groups is 2. The molecule has 0 fully saturated rings. The van der Waals surface area contributed by atoms with E-state index in [1.54, 1.807) is 0 Å². The minimum absolute atomic E-state index is 0.0573. The molecule has 21 heavy (non-hydrogen) atoms. The van der Waals surface area contributed by atoms with Crippen molar-refractivity contribution in [3.8, 4) is 0 Å². The number of carbonyl (C=O) groups is 1. The van der Waals surface area contributed by atoms with Crippen LogP contribution in [0.5, 0.6) is 0 Å². The van der Waals surface area contributed by atoms with Gasteiger partial charge in [-0.1, -0.05) is 0 Å². The molecule has 0 spiro atoms. The third kappa shape index (κ3) is 4.40. The molecule has 2 amide bonds. The summed E-state index contributed by atoms with van der Waals surface area (Å²) in [6.07, 6.45) is 0. The number of anilines is 1. The van der Waals surface area contributed by atoms with Crippen molar-refractivity contribution in [1.29, 1.82) is 0 Å². The zero-order chi connectivity index (χ0) is 16.4. The number of amides is 2. The van der Waals surface area contributed by atoms with Crippen LogP contribution in [0.4, 0.5) is 21.9 Å². The van der Waals surface area contributed by atoms with Crippen LogP contribution in [0.3, 0.4) is 0 Å². The molecular weight excluding hydrogens is 355 g/mol. The first kappa shape index (κ1) is 16.9. The third-order valence-electron chi connectivity index (χ3n) is 1.97. The van der Waals surface area contributed by atoms with Crippen molar-refractivity contribution in [3.63, 3.8) is 0 Å². The fourth-order valence-electron chi connectivity index (χ4n) is 1.19. The molecule has 1 N–H and O–H groups in total. The standard InChI is InChI=1S/C7H4Cl2N4O7S/c8-11(7(14)10-21(9,19)20)5-2-1-4(12(15)16)3-6(5)13(17)18/h1-3H,(H,10,14). The van der Waals surface area contributed by atoms with Gasteiger partial charge in [-0.3, -0.25) is 20.2 Å². The van der Waals surface area contributed by atoms with E-state index in [0.29, 0.717) is 6.07 Å². The molecule has 11 nitrogen and oxygen atoms in total. The minimum Gasteiger partial charge on any atom is -0.258 e. The lowest BCUT2D eigenvalue weighted by Crippen LogP contribution is -2.36. The lowest BCUT2D eigenvalue weighted by Gasteiger charge is -2.13. The van der Waals surface area contributed by atoms with Gasteiger partial charge in [0.15, 0.2) is 0 Å². The highest BCUT2D eigenvalue weighted by molar-refractivity contribution is 8.12. The van der Waals surface area contributed by atoms with Crippen molar-refractivity contribution in [2.24, 2.45) is 0 Å². The molecular formula is C7H4Cl2N4O7S. The minimum atomic E-state index is -4.46. The Morgan fingerprint density at radius 1 is 1.24 bits per heavy atom. The average Bonchev–Trinajstić information content (AvgIpc) is 2.34. The molecule has 0 aromatic heterocycles. The van der Waals surface area contributed by atoms with Gasteiger partial charge in [-0.2, -0.15) is 12.8 Å². The number of benzene rings is 1. The zero-order valence-corrected chi connectivity index (χ0v) is 11.9. The first-order valence-electron chi connectivity index (χ1n) is 4.68. The summed E-state index contributed by atoms with van der Waals surface area (Å²) >= 11 is 5.47. The molecule has 1 rings (SSSR count). The number of non-ortho nitro benzene ring substituents is 1. The van der Waals surface area contributed by atoms with E-state index in [1.807, 2.05) is 0 Å². The van der Waals surface area contributed by atoms with E-state index >= 15 is 0 Å². The topological polar surface area (TPSA) is 153 Å². The van der Waals surface area contributed by atoms with E-state index in [2.05, 4.69) is 0 Å². The summed E-state index contributed by atoms with van der Waals surface area (Å²) in [6, 6.07) is 0.723. The molecule has 0 heterocycles. The highest BCUT2D eigenvalue weighted by atomic mass is 35.7. The number of nitro benzene ring substituents is 2. The molecule has 1 aromatic carbocycles. The van der Waals surface area contributed by atoms with Crippen LogP contribution in [-0.4, -0.2) is 24.3 Å². The summed E-state index contributed by atoms with van der Waals surface area (Å²) in [5.41, 5.74) is -2.06. The molecule has 0 aliphatic carbocycles. The Morgan fingerprint density at radius 3 is 2.24 bits per heavy atom. The Morgan fingerprint density at radius 2 is 1.81 bits per heavy atom. The lowest BCUT2D eigenvalue weighted by molar-refractivity contribution is -0.393. The largest absolute Gasteiger partial charge is 0.351 e. The van der Waals surface area contributed by atoms with Crippen LogP contribution in [0.2, 0.25) is 0 Å². The maximum Gasteiger partial charge on any atom is 0.351 e. The van der Waals surface area contributed by atoms with Crippen LogP contribution < -0.4 is 9.14 Å². The smallest absolute Gasteiger partial charge is 0.258 e. The average molecular weight is 359 g/mol. The van der Waals surface area contributed by atoms with Crippen LogP contribution >= 0.6 is 22.5 Å². The molecule has 0 aliphatic heterocycles.